The van der Waals surface area contributed by atoms with Crippen LogP contribution in [0.3, 0.4) is 0 Å². The Labute approximate surface area is 184 Å². The Balaban J connectivity index is 1.58. The quantitative estimate of drug-likeness (QED) is 0.437. The van der Waals surface area contributed by atoms with E-state index in [2.05, 4.69) is 20.3 Å². The second-order valence-electron chi connectivity index (χ2n) is 8.27. The molecule has 5 rings (SSSR count). The molecule has 1 fully saturated rings. The standard InChI is InChI=1S/C21H20F4N4O4/c22-10-1-2-11-14(5-10)33-8-13(20(31)3-4-32-16(30)7-20)17(11)29-19-12-6-15(21(23,24)25)28-18(12)26-9-27-19/h1-2,5-6,9,13,16-17,30-31H,3-4,7-8H2,(H2,26,27,28,29)/t13-,16-,17-,20+/m0/s1. The SMILES string of the molecule is O[C@@H]1C[C@@](O)([C@H]2COc3cc(F)ccc3[C@@H]2Nc2ncnc3[nH]c(C(F)(F)F)cc23)CCO1. The summed E-state index contributed by atoms with van der Waals surface area (Å²) in [6.07, 6.45) is -4.54. The van der Waals surface area contributed by atoms with Gasteiger partial charge in [-0.05, 0) is 12.1 Å². The lowest BCUT2D eigenvalue weighted by Gasteiger charge is -2.46. The zero-order valence-corrected chi connectivity index (χ0v) is 17.1. The number of aliphatic hydroxyl groups is 2. The van der Waals surface area contributed by atoms with Gasteiger partial charge >= 0.3 is 6.18 Å². The summed E-state index contributed by atoms with van der Waals surface area (Å²) in [5.74, 6) is -0.818. The van der Waals surface area contributed by atoms with Crippen molar-refractivity contribution >= 4 is 16.9 Å². The molecule has 1 saturated heterocycles. The Morgan fingerprint density at radius 3 is 2.79 bits per heavy atom. The highest BCUT2D eigenvalue weighted by Gasteiger charge is 2.48. The number of hydrogen-bond donors (Lipinski definition) is 4. The van der Waals surface area contributed by atoms with Gasteiger partial charge in [-0.15, -0.1) is 0 Å². The normalized spacial score (nSPS) is 27.8. The summed E-state index contributed by atoms with van der Waals surface area (Å²) in [6, 6.07) is 4.12. The molecule has 176 valence electrons. The minimum Gasteiger partial charge on any atom is -0.493 e. The number of aromatic amines is 1. The number of benzene rings is 1. The first-order valence-electron chi connectivity index (χ1n) is 10.3. The molecule has 2 aromatic heterocycles. The van der Waals surface area contributed by atoms with Gasteiger partial charge in [0, 0.05) is 30.4 Å². The first-order chi connectivity index (χ1) is 15.6. The largest absolute Gasteiger partial charge is 0.493 e. The van der Waals surface area contributed by atoms with Gasteiger partial charge in [-0.25, -0.2) is 14.4 Å². The van der Waals surface area contributed by atoms with Crippen molar-refractivity contribution in [2.24, 2.45) is 5.92 Å². The van der Waals surface area contributed by atoms with Crippen molar-refractivity contribution in [3.63, 3.8) is 0 Å². The van der Waals surface area contributed by atoms with Crippen LogP contribution in [0.25, 0.3) is 11.0 Å². The van der Waals surface area contributed by atoms with Gasteiger partial charge in [-0.2, -0.15) is 13.2 Å². The number of H-pyrrole nitrogens is 1. The van der Waals surface area contributed by atoms with Crippen LogP contribution in [0.4, 0.5) is 23.4 Å². The van der Waals surface area contributed by atoms with E-state index in [0.29, 0.717) is 5.56 Å². The first-order valence-corrected chi connectivity index (χ1v) is 10.3. The molecule has 2 aliphatic rings. The van der Waals surface area contributed by atoms with Gasteiger partial charge in [0.1, 0.15) is 35.1 Å². The molecule has 33 heavy (non-hydrogen) atoms. The van der Waals surface area contributed by atoms with E-state index in [4.69, 9.17) is 9.47 Å². The lowest BCUT2D eigenvalue weighted by Crippen LogP contribution is -2.53. The molecule has 0 saturated carbocycles. The Bertz CT molecular complexity index is 1190. The Morgan fingerprint density at radius 2 is 2.03 bits per heavy atom. The number of fused-ring (bicyclic) bond motifs is 2. The maximum Gasteiger partial charge on any atom is 0.431 e. The third-order valence-electron chi connectivity index (χ3n) is 6.22. The second kappa shape index (κ2) is 7.82. The van der Waals surface area contributed by atoms with Gasteiger partial charge in [0.15, 0.2) is 6.29 Å². The third kappa shape index (κ3) is 3.98. The zero-order chi connectivity index (χ0) is 23.4. The monoisotopic (exact) mass is 468 g/mol. The number of ether oxygens (including phenoxy) is 2. The van der Waals surface area contributed by atoms with Crippen LogP contribution in [0.15, 0.2) is 30.6 Å². The van der Waals surface area contributed by atoms with E-state index >= 15 is 0 Å². The van der Waals surface area contributed by atoms with Crippen molar-refractivity contribution in [2.45, 2.75) is 37.0 Å². The highest BCUT2D eigenvalue weighted by Crippen LogP contribution is 2.46. The maximum absolute atomic E-state index is 13.8. The van der Waals surface area contributed by atoms with E-state index < -0.39 is 41.5 Å². The molecule has 0 radical (unpaired) electrons. The summed E-state index contributed by atoms with van der Waals surface area (Å²) >= 11 is 0. The van der Waals surface area contributed by atoms with Crippen LogP contribution < -0.4 is 10.1 Å². The van der Waals surface area contributed by atoms with E-state index in [1.54, 1.807) is 0 Å². The molecule has 3 aromatic rings. The molecule has 8 nitrogen and oxygen atoms in total. The van der Waals surface area contributed by atoms with Crippen molar-refractivity contribution in [1.29, 1.82) is 0 Å². The number of aromatic nitrogens is 3. The molecular formula is C21H20F4N4O4. The van der Waals surface area contributed by atoms with Gasteiger partial charge in [0.25, 0.3) is 0 Å². The third-order valence-corrected chi connectivity index (χ3v) is 6.22. The summed E-state index contributed by atoms with van der Waals surface area (Å²) < 4.78 is 64.4. The highest BCUT2D eigenvalue weighted by atomic mass is 19.4. The fraction of sp³-hybridized carbons (Fsp3) is 0.429. The molecule has 0 amide bonds. The van der Waals surface area contributed by atoms with Crippen LogP contribution in [0.5, 0.6) is 5.75 Å². The van der Waals surface area contributed by atoms with Gasteiger partial charge in [-0.3, -0.25) is 0 Å². The smallest absolute Gasteiger partial charge is 0.431 e. The molecule has 12 heteroatoms. The fourth-order valence-electron chi connectivity index (χ4n) is 4.55. The number of aliphatic hydroxyl groups excluding tert-OH is 1. The number of nitrogens with zero attached hydrogens (tertiary/aromatic N) is 2. The van der Waals surface area contributed by atoms with Crippen molar-refractivity contribution in [2.75, 3.05) is 18.5 Å². The molecule has 0 aliphatic carbocycles. The topological polar surface area (TPSA) is 113 Å². The average Bonchev–Trinajstić information content (AvgIpc) is 3.19. The number of nitrogens with one attached hydrogen (secondary N) is 2. The maximum atomic E-state index is 13.8. The van der Waals surface area contributed by atoms with Crippen molar-refractivity contribution in [1.82, 2.24) is 15.0 Å². The highest BCUT2D eigenvalue weighted by molar-refractivity contribution is 5.88. The van der Waals surface area contributed by atoms with Gasteiger partial charge in [0.05, 0.1) is 30.2 Å². The van der Waals surface area contributed by atoms with Crippen LogP contribution in [0.2, 0.25) is 0 Å². The van der Waals surface area contributed by atoms with Gasteiger partial charge in [-0.1, -0.05) is 6.07 Å². The van der Waals surface area contributed by atoms with E-state index in [1.807, 2.05) is 0 Å². The van der Waals surface area contributed by atoms with Crippen molar-refractivity contribution in [3.05, 3.63) is 47.7 Å². The minimum atomic E-state index is -4.60. The predicted molar refractivity (Wildman–Crippen MR) is 107 cm³/mol. The molecule has 1 aromatic carbocycles. The van der Waals surface area contributed by atoms with Crippen LogP contribution in [0.1, 0.15) is 30.1 Å². The molecule has 4 N–H and O–H groups in total. The lowest BCUT2D eigenvalue weighted by atomic mass is 9.73. The van der Waals surface area contributed by atoms with Crippen LogP contribution in [-0.2, 0) is 10.9 Å². The number of halogens is 4. The average molecular weight is 468 g/mol. The number of anilines is 1. The van der Waals surface area contributed by atoms with Crippen molar-refractivity contribution < 1.29 is 37.2 Å². The molecule has 0 spiro atoms. The summed E-state index contributed by atoms with van der Waals surface area (Å²) in [6.45, 7) is 0.0914. The number of alkyl halides is 3. The van der Waals surface area contributed by atoms with Crippen LogP contribution >= 0.6 is 0 Å². The Morgan fingerprint density at radius 1 is 1.21 bits per heavy atom. The number of rotatable bonds is 3. The predicted octanol–water partition coefficient (Wildman–Crippen LogP) is 3.14. The van der Waals surface area contributed by atoms with E-state index in [-0.39, 0.29) is 48.7 Å². The summed E-state index contributed by atoms with van der Waals surface area (Å²) in [5.41, 5.74) is -1.90. The Hall–Kier alpha value is -2.96. The van der Waals surface area contributed by atoms with Gasteiger partial charge in [0.2, 0.25) is 0 Å². The molecular weight excluding hydrogens is 448 g/mol. The van der Waals surface area contributed by atoms with E-state index in [0.717, 1.165) is 12.4 Å². The zero-order valence-electron chi connectivity index (χ0n) is 17.1. The van der Waals surface area contributed by atoms with Crippen LogP contribution in [0, 0.1) is 11.7 Å². The van der Waals surface area contributed by atoms with Crippen molar-refractivity contribution in [3.8, 4) is 5.75 Å². The molecule has 0 unspecified atom stereocenters. The Kier molecular flexibility index (Phi) is 5.18. The lowest BCUT2D eigenvalue weighted by molar-refractivity contribution is -0.206. The number of hydrogen-bond acceptors (Lipinski definition) is 7. The summed E-state index contributed by atoms with van der Waals surface area (Å²) in [7, 11) is 0. The molecule has 0 bridgehead atoms. The fourth-order valence-corrected chi connectivity index (χ4v) is 4.55. The van der Waals surface area contributed by atoms with Gasteiger partial charge < -0.3 is 30.0 Å². The van der Waals surface area contributed by atoms with Crippen LogP contribution in [-0.4, -0.2) is 50.3 Å². The van der Waals surface area contributed by atoms with E-state index in [9.17, 15) is 27.8 Å². The minimum absolute atomic E-state index is 0.0111. The molecule has 2 aliphatic heterocycles. The second-order valence-corrected chi connectivity index (χ2v) is 8.27. The molecule has 4 atom stereocenters. The first kappa shape index (κ1) is 21.9. The summed E-state index contributed by atoms with van der Waals surface area (Å²) in [4.78, 5) is 10.2. The summed E-state index contributed by atoms with van der Waals surface area (Å²) in [5, 5.41) is 24.6. The molecule has 4 heterocycles. The van der Waals surface area contributed by atoms with E-state index in [1.165, 1.54) is 18.2 Å².